The van der Waals surface area contributed by atoms with Gasteiger partial charge in [-0.2, -0.15) is 0 Å². The maximum absolute atomic E-state index is 15.4. The second-order valence-corrected chi connectivity index (χ2v) is 10.9. The van der Waals surface area contributed by atoms with E-state index in [0.29, 0.717) is 11.3 Å². The van der Waals surface area contributed by atoms with E-state index >= 15 is 8.78 Å². The summed E-state index contributed by atoms with van der Waals surface area (Å²) in [6.45, 7) is 6.63. The maximum Gasteiger partial charge on any atom is 0.409 e. The molecular formula is C26H26B4F2N4O4. The van der Waals surface area contributed by atoms with Crippen molar-refractivity contribution in [3.63, 3.8) is 0 Å². The molecule has 1 aromatic carbocycles. The van der Waals surface area contributed by atoms with E-state index in [9.17, 15) is 9.59 Å². The number of carbonyl (C=O) groups excluding carboxylic acids is 2. The molecule has 8 radical (unpaired) electrons. The van der Waals surface area contributed by atoms with Crippen molar-refractivity contribution in [1.29, 1.82) is 0 Å². The summed E-state index contributed by atoms with van der Waals surface area (Å²) >= 11 is 0. The predicted octanol–water partition coefficient (Wildman–Crippen LogP) is 2.11. The van der Waals surface area contributed by atoms with Gasteiger partial charge in [0.15, 0.2) is 0 Å². The molecule has 0 spiro atoms. The minimum Gasteiger partial charge on any atom is -0.444 e. The zero-order chi connectivity index (χ0) is 29.8. The monoisotopic (exact) mass is 540 g/mol. The van der Waals surface area contributed by atoms with E-state index in [-0.39, 0.29) is 24.2 Å². The standard InChI is InChI=1S/C26H26B4F2N4O4/c1-13-6-7-35-18(11-15-12-36(23(38)40-24(2,3)4)25(27,28)26(29,30)39-15)21(34-19(35)8-13)20-16(31)9-14(10-17(20)32)22(37)33-5/h6-10,15H,11-12H2,1-5H3,(H,33,37). The zero-order valence-electron chi connectivity index (χ0n) is 22.9. The lowest BCUT2D eigenvalue weighted by molar-refractivity contribution is -0.0973. The number of rotatable bonds is 4. The first-order valence-corrected chi connectivity index (χ1v) is 12.5. The number of benzene rings is 1. The molecular weight excluding hydrogens is 514 g/mol. The van der Waals surface area contributed by atoms with Crippen LogP contribution < -0.4 is 5.32 Å². The SMILES string of the molecule is [B]C1([B])OC(Cc2c(-c3c(F)cc(C(=O)NC)cc3F)nc3cc(C)ccn23)CN(C(=O)OC(C)(C)C)C1([B])[B]. The summed E-state index contributed by atoms with van der Waals surface area (Å²) in [6, 6.07) is 5.38. The average molecular weight is 540 g/mol. The Morgan fingerprint density at radius 3 is 2.38 bits per heavy atom. The lowest BCUT2D eigenvalue weighted by atomic mass is 9.38. The first kappa shape index (κ1) is 29.7. The number of halogens is 2. The highest BCUT2D eigenvalue weighted by Crippen LogP contribution is 2.35. The quantitative estimate of drug-likeness (QED) is 0.514. The molecule has 2 amide bonds. The molecule has 8 nitrogen and oxygen atoms in total. The van der Waals surface area contributed by atoms with Gasteiger partial charge in [-0.1, -0.05) is 0 Å². The van der Waals surface area contributed by atoms with E-state index in [0.717, 1.165) is 22.6 Å². The molecule has 1 fully saturated rings. The molecule has 200 valence electrons. The van der Waals surface area contributed by atoms with Crippen LogP contribution in [-0.4, -0.2) is 93.7 Å². The number of fused-ring (bicyclic) bond motifs is 1. The van der Waals surface area contributed by atoms with Crippen LogP contribution in [0.4, 0.5) is 13.6 Å². The number of nitrogens with one attached hydrogen (secondary N) is 1. The molecule has 1 aliphatic rings. The average Bonchev–Trinajstić information content (AvgIpc) is 3.15. The van der Waals surface area contributed by atoms with E-state index < -0.39 is 51.6 Å². The fourth-order valence-electron chi connectivity index (χ4n) is 4.50. The number of hydrogen-bond acceptors (Lipinski definition) is 5. The fraction of sp³-hybridized carbons (Fsp3) is 0.423. The Hall–Kier alpha value is -3.27. The van der Waals surface area contributed by atoms with Gasteiger partial charge >= 0.3 is 6.09 Å². The number of pyridine rings is 1. The van der Waals surface area contributed by atoms with Crippen LogP contribution in [0.5, 0.6) is 0 Å². The van der Waals surface area contributed by atoms with Crippen LogP contribution in [0.15, 0.2) is 30.5 Å². The Bertz CT molecular complexity index is 1470. The number of nitrogens with zero attached hydrogens (tertiary/aromatic N) is 3. The van der Waals surface area contributed by atoms with Crippen LogP contribution in [0, 0.1) is 18.6 Å². The Labute approximate surface area is 236 Å². The second kappa shape index (κ2) is 10.3. The van der Waals surface area contributed by atoms with E-state index in [2.05, 4.69) is 10.3 Å². The number of ether oxygens (including phenoxy) is 2. The maximum atomic E-state index is 15.4. The van der Waals surface area contributed by atoms with Gasteiger partial charge in [0.25, 0.3) is 5.91 Å². The summed E-state index contributed by atoms with van der Waals surface area (Å²) in [4.78, 5) is 30.5. The van der Waals surface area contributed by atoms with E-state index in [1.165, 1.54) is 7.05 Å². The Morgan fingerprint density at radius 2 is 1.80 bits per heavy atom. The molecule has 4 rings (SSSR count). The first-order valence-electron chi connectivity index (χ1n) is 12.5. The largest absolute Gasteiger partial charge is 0.444 e. The molecule has 1 N–H and O–H groups in total. The Kier molecular flexibility index (Phi) is 7.64. The number of aromatic nitrogens is 2. The highest BCUT2D eigenvalue weighted by atomic mass is 19.1. The van der Waals surface area contributed by atoms with Crippen molar-refractivity contribution < 1.29 is 27.8 Å². The number of aryl methyl sites for hydroxylation is 1. The van der Waals surface area contributed by atoms with Gasteiger partial charge in [0.2, 0.25) is 0 Å². The van der Waals surface area contributed by atoms with Crippen molar-refractivity contribution in [2.24, 2.45) is 0 Å². The summed E-state index contributed by atoms with van der Waals surface area (Å²) in [5.74, 6) is -2.63. The van der Waals surface area contributed by atoms with Crippen LogP contribution in [0.3, 0.4) is 0 Å². The molecule has 1 atom stereocenters. The van der Waals surface area contributed by atoms with Gasteiger partial charge in [0.05, 0.1) is 38.7 Å². The Balaban J connectivity index is 1.81. The number of amides is 2. The van der Waals surface area contributed by atoms with Gasteiger partial charge in [-0.05, 0) is 68.3 Å². The molecule has 1 aliphatic heterocycles. The molecule has 40 heavy (non-hydrogen) atoms. The minimum absolute atomic E-state index is 0.0338. The number of morpholine rings is 1. The van der Waals surface area contributed by atoms with Crippen molar-refractivity contribution in [3.8, 4) is 11.3 Å². The van der Waals surface area contributed by atoms with Crippen LogP contribution in [0.2, 0.25) is 0 Å². The van der Waals surface area contributed by atoms with Crippen molar-refractivity contribution in [2.75, 3.05) is 13.6 Å². The third kappa shape index (κ3) is 5.50. The molecule has 0 aliphatic carbocycles. The van der Waals surface area contributed by atoms with Gasteiger partial charge in [-0.25, -0.2) is 18.6 Å². The smallest absolute Gasteiger partial charge is 0.409 e. The molecule has 1 saturated heterocycles. The topological polar surface area (TPSA) is 85.2 Å². The molecule has 3 heterocycles. The third-order valence-corrected chi connectivity index (χ3v) is 6.50. The Morgan fingerprint density at radius 1 is 1.18 bits per heavy atom. The van der Waals surface area contributed by atoms with Gasteiger partial charge < -0.3 is 24.1 Å². The normalized spacial score (nSPS) is 18.5. The number of hydrogen-bond donors (Lipinski definition) is 1. The summed E-state index contributed by atoms with van der Waals surface area (Å²) < 4.78 is 43.7. The molecule has 14 heteroatoms. The van der Waals surface area contributed by atoms with Gasteiger partial charge in [-0.15, -0.1) is 0 Å². The molecule has 3 aromatic rings. The molecule has 1 unspecified atom stereocenters. The number of imidazole rings is 1. The first-order chi connectivity index (χ1) is 18.4. The third-order valence-electron chi connectivity index (χ3n) is 6.50. The summed E-state index contributed by atoms with van der Waals surface area (Å²) in [5, 5.41) is -2.05. The van der Waals surface area contributed by atoms with Crippen LogP contribution in [0.25, 0.3) is 16.9 Å². The van der Waals surface area contributed by atoms with Crippen molar-refractivity contribution in [1.82, 2.24) is 19.6 Å². The zero-order valence-corrected chi connectivity index (χ0v) is 22.9. The van der Waals surface area contributed by atoms with Gasteiger partial charge in [-0.3, -0.25) is 4.79 Å². The highest BCUT2D eigenvalue weighted by molar-refractivity contribution is 6.54. The number of carbonyl (C=O) groups is 2. The highest BCUT2D eigenvalue weighted by Gasteiger charge is 2.49. The van der Waals surface area contributed by atoms with E-state index in [4.69, 9.17) is 40.9 Å². The van der Waals surface area contributed by atoms with Crippen molar-refractivity contribution in [2.45, 2.75) is 56.6 Å². The summed E-state index contributed by atoms with van der Waals surface area (Å²) in [6.07, 6.45) is -0.198. The summed E-state index contributed by atoms with van der Waals surface area (Å²) in [7, 11) is 25.9. The lowest BCUT2D eigenvalue weighted by Gasteiger charge is -2.57. The van der Waals surface area contributed by atoms with Crippen LogP contribution >= 0.6 is 0 Å². The lowest BCUT2D eigenvalue weighted by Crippen LogP contribution is -2.75. The molecule has 2 aromatic heterocycles. The van der Waals surface area contributed by atoms with Gasteiger partial charge in [0, 0.05) is 31.8 Å². The minimum atomic E-state index is -2.23. The van der Waals surface area contributed by atoms with Crippen molar-refractivity contribution in [3.05, 3.63) is 58.9 Å². The van der Waals surface area contributed by atoms with Crippen LogP contribution in [-0.2, 0) is 15.9 Å². The fourth-order valence-corrected chi connectivity index (χ4v) is 4.50. The van der Waals surface area contributed by atoms with E-state index in [1.54, 1.807) is 43.5 Å². The van der Waals surface area contributed by atoms with Crippen LogP contribution in [0.1, 0.15) is 42.4 Å². The molecule has 0 bridgehead atoms. The van der Waals surface area contributed by atoms with Crippen molar-refractivity contribution >= 4 is 49.0 Å². The van der Waals surface area contributed by atoms with Gasteiger partial charge in [0.1, 0.15) is 38.6 Å². The summed E-state index contributed by atoms with van der Waals surface area (Å²) in [5.41, 5.74) is 0.0376. The molecule has 0 saturated carbocycles. The van der Waals surface area contributed by atoms with E-state index in [1.807, 2.05) is 6.92 Å². The predicted molar refractivity (Wildman–Crippen MR) is 149 cm³/mol. The second-order valence-electron chi connectivity index (χ2n) is 10.9.